The molecule has 2 N–H and O–H groups in total. The summed E-state index contributed by atoms with van der Waals surface area (Å²) < 4.78 is 1.03. The highest BCUT2D eigenvalue weighted by atomic mass is 79.9. The number of carbonyl (C=O) groups excluding carboxylic acids is 1. The van der Waals surface area contributed by atoms with E-state index in [1.54, 1.807) is 6.33 Å². The first-order valence-corrected chi connectivity index (χ1v) is 10.7. The smallest absolute Gasteiger partial charge is 0.315 e. The van der Waals surface area contributed by atoms with Crippen molar-refractivity contribution in [3.05, 3.63) is 29.0 Å². The molecule has 2 fully saturated rings. The summed E-state index contributed by atoms with van der Waals surface area (Å²) in [6.45, 7) is 1.76. The van der Waals surface area contributed by atoms with Crippen molar-refractivity contribution in [2.24, 2.45) is 0 Å². The van der Waals surface area contributed by atoms with Crippen LogP contribution in [-0.2, 0) is 0 Å². The number of aromatic nitrogens is 2. The molecule has 6 nitrogen and oxygen atoms in total. The average Bonchev–Trinajstić information content (AvgIpc) is 2.69. The third-order valence-electron chi connectivity index (χ3n) is 5.65. The fourth-order valence-corrected chi connectivity index (χ4v) is 4.52. The van der Waals surface area contributed by atoms with E-state index in [0.29, 0.717) is 6.04 Å². The Morgan fingerprint density at radius 1 is 1.00 bits per heavy atom. The zero-order valence-corrected chi connectivity index (χ0v) is 17.0. The summed E-state index contributed by atoms with van der Waals surface area (Å²) in [5.41, 5.74) is 0.954. The third kappa shape index (κ3) is 4.51. The summed E-state index contributed by atoms with van der Waals surface area (Å²) in [4.78, 5) is 23.5. The highest BCUT2D eigenvalue weighted by molar-refractivity contribution is 9.10. The normalized spacial score (nSPS) is 19.2. The number of carbonyl (C=O) groups is 1. The quantitative estimate of drug-likeness (QED) is 0.770. The largest absolute Gasteiger partial charge is 0.356 e. The van der Waals surface area contributed by atoms with Crippen LogP contribution < -0.4 is 15.5 Å². The molecule has 0 spiro atoms. The number of nitrogens with one attached hydrogen (secondary N) is 2. The number of piperidine rings is 1. The maximum absolute atomic E-state index is 12.3. The number of fused-ring (bicyclic) bond motifs is 1. The standard InChI is InChI=1S/C20H26BrN5O/c21-14-6-7-18-17(12-14)19(23-13-22-18)26-10-8-16(9-11-26)25-20(27)24-15-4-2-1-3-5-15/h6-7,12-13,15-16H,1-5,8-11H2,(H2,24,25,27). The molecule has 1 aromatic heterocycles. The van der Waals surface area contributed by atoms with Gasteiger partial charge in [-0.05, 0) is 43.9 Å². The third-order valence-corrected chi connectivity index (χ3v) is 6.14. The Bertz CT molecular complexity index is 800. The highest BCUT2D eigenvalue weighted by Crippen LogP contribution is 2.28. The number of nitrogens with zero attached hydrogens (tertiary/aromatic N) is 3. The molecule has 1 aromatic carbocycles. The zero-order valence-electron chi connectivity index (χ0n) is 15.5. The second kappa shape index (κ2) is 8.42. The SMILES string of the molecule is O=C(NC1CCCCC1)NC1CCN(c2ncnc3ccc(Br)cc23)CC1. The minimum Gasteiger partial charge on any atom is -0.356 e. The van der Waals surface area contributed by atoms with E-state index in [-0.39, 0.29) is 12.1 Å². The lowest BCUT2D eigenvalue weighted by molar-refractivity contribution is 0.226. The van der Waals surface area contributed by atoms with Crippen LogP contribution in [0.4, 0.5) is 10.6 Å². The van der Waals surface area contributed by atoms with Crippen molar-refractivity contribution in [1.29, 1.82) is 0 Å². The Morgan fingerprint density at radius 3 is 2.44 bits per heavy atom. The Morgan fingerprint density at radius 2 is 1.70 bits per heavy atom. The van der Waals surface area contributed by atoms with E-state index in [0.717, 1.165) is 60.0 Å². The van der Waals surface area contributed by atoms with Crippen LogP contribution in [0.15, 0.2) is 29.0 Å². The van der Waals surface area contributed by atoms with Crippen molar-refractivity contribution in [1.82, 2.24) is 20.6 Å². The van der Waals surface area contributed by atoms with Gasteiger partial charge in [-0.2, -0.15) is 0 Å². The topological polar surface area (TPSA) is 70.2 Å². The van der Waals surface area contributed by atoms with E-state index >= 15 is 0 Å². The summed E-state index contributed by atoms with van der Waals surface area (Å²) in [5.74, 6) is 0.978. The number of anilines is 1. The van der Waals surface area contributed by atoms with Crippen molar-refractivity contribution >= 4 is 38.7 Å². The molecule has 1 saturated heterocycles. The second-order valence-electron chi connectivity index (χ2n) is 7.57. The van der Waals surface area contributed by atoms with Gasteiger partial charge in [0.25, 0.3) is 0 Å². The Balaban J connectivity index is 1.34. The fourth-order valence-electron chi connectivity index (χ4n) is 4.16. The van der Waals surface area contributed by atoms with Gasteiger partial charge in [0, 0.05) is 35.0 Å². The molecular weight excluding hydrogens is 406 g/mol. The van der Waals surface area contributed by atoms with Crippen molar-refractivity contribution < 1.29 is 4.79 Å². The van der Waals surface area contributed by atoms with E-state index in [2.05, 4.69) is 47.5 Å². The lowest BCUT2D eigenvalue weighted by Crippen LogP contribution is -2.50. The highest BCUT2D eigenvalue weighted by Gasteiger charge is 2.24. The first-order chi connectivity index (χ1) is 13.2. The molecule has 2 heterocycles. The zero-order chi connectivity index (χ0) is 18.6. The number of urea groups is 1. The summed E-state index contributed by atoms with van der Waals surface area (Å²) in [6, 6.07) is 6.66. The Hall–Kier alpha value is -1.89. The molecule has 0 atom stereocenters. The fraction of sp³-hybridized carbons (Fsp3) is 0.550. The van der Waals surface area contributed by atoms with Gasteiger partial charge < -0.3 is 15.5 Å². The lowest BCUT2D eigenvalue weighted by atomic mass is 9.96. The van der Waals surface area contributed by atoms with Gasteiger partial charge in [-0.25, -0.2) is 14.8 Å². The van der Waals surface area contributed by atoms with Gasteiger partial charge in [0.05, 0.1) is 5.52 Å². The monoisotopic (exact) mass is 431 g/mol. The van der Waals surface area contributed by atoms with Crippen LogP contribution in [0.1, 0.15) is 44.9 Å². The molecule has 1 aliphatic carbocycles. The molecule has 0 bridgehead atoms. The number of amides is 2. The van der Waals surface area contributed by atoms with Crippen molar-refractivity contribution in [2.45, 2.75) is 57.0 Å². The molecule has 0 unspecified atom stereocenters. The molecule has 2 amide bonds. The number of hydrogen-bond acceptors (Lipinski definition) is 4. The molecular formula is C20H26BrN5O. The van der Waals surface area contributed by atoms with E-state index in [4.69, 9.17) is 0 Å². The van der Waals surface area contributed by atoms with Crippen LogP contribution >= 0.6 is 15.9 Å². The summed E-state index contributed by atoms with van der Waals surface area (Å²) in [6.07, 6.45) is 9.47. The van der Waals surface area contributed by atoms with Gasteiger partial charge in [-0.1, -0.05) is 35.2 Å². The van der Waals surface area contributed by atoms with E-state index in [1.807, 2.05) is 12.1 Å². The molecule has 7 heteroatoms. The predicted molar refractivity (Wildman–Crippen MR) is 111 cm³/mol. The number of hydrogen-bond donors (Lipinski definition) is 2. The molecule has 1 saturated carbocycles. The molecule has 0 radical (unpaired) electrons. The van der Waals surface area contributed by atoms with E-state index in [1.165, 1.54) is 19.3 Å². The lowest BCUT2D eigenvalue weighted by Gasteiger charge is -2.34. The summed E-state index contributed by atoms with van der Waals surface area (Å²) in [7, 11) is 0. The average molecular weight is 432 g/mol. The van der Waals surface area contributed by atoms with E-state index in [9.17, 15) is 4.79 Å². The van der Waals surface area contributed by atoms with Gasteiger partial charge in [-0.3, -0.25) is 0 Å². The molecule has 144 valence electrons. The van der Waals surface area contributed by atoms with Crippen molar-refractivity contribution in [3.63, 3.8) is 0 Å². The summed E-state index contributed by atoms with van der Waals surface area (Å²) in [5, 5.41) is 7.38. The van der Waals surface area contributed by atoms with Gasteiger partial charge in [0.1, 0.15) is 12.1 Å². The first kappa shape index (κ1) is 18.5. The van der Waals surface area contributed by atoms with Gasteiger partial charge >= 0.3 is 6.03 Å². The maximum Gasteiger partial charge on any atom is 0.315 e. The molecule has 2 aromatic rings. The maximum atomic E-state index is 12.3. The Labute approximate surface area is 168 Å². The van der Waals surface area contributed by atoms with Crippen LogP contribution in [-0.4, -0.2) is 41.2 Å². The van der Waals surface area contributed by atoms with Crippen LogP contribution in [0.25, 0.3) is 10.9 Å². The summed E-state index contributed by atoms with van der Waals surface area (Å²) >= 11 is 3.54. The predicted octanol–water partition coefficient (Wildman–Crippen LogP) is 3.99. The van der Waals surface area contributed by atoms with Crippen molar-refractivity contribution in [2.75, 3.05) is 18.0 Å². The van der Waals surface area contributed by atoms with Crippen LogP contribution in [0.3, 0.4) is 0 Å². The van der Waals surface area contributed by atoms with Crippen LogP contribution in [0, 0.1) is 0 Å². The number of benzene rings is 1. The van der Waals surface area contributed by atoms with Crippen LogP contribution in [0.5, 0.6) is 0 Å². The van der Waals surface area contributed by atoms with Gasteiger partial charge in [-0.15, -0.1) is 0 Å². The van der Waals surface area contributed by atoms with Gasteiger partial charge in [0.2, 0.25) is 0 Å². The second-order valence-corrected chi connectivity index (χ2v) is 8.49. The molecule has 27 heavy (non-hydrogen) atoms. The number of rotatable bonds is 3. The minimum absolute atomic E-state index is 0.00299. The molecule has 2 aliphatic rings. The van der Waals surface area contributed by atoms with Crippen LogP contribution in [0.2, 0.25) is 0 Å². The molecule has 1 aliphatic heterocycles. The first-order valence-electron chi connectivity index (χ1n) is 9.91. The number of halogens is 1. The Kier molecular flexibility index (Phi) is 5.76. The molecule has 4 rings (SSSR count). The minimum atomic E-state index is -0.00299. The van der Waals surface area contributed by atoms with Crippen molar-refractivity contribution in [3.8, 4) is 0 Å². The van der Waals surface area contributed by atoms with Gasteiger partial charge in [0.15, 0.2) is 0 Å². The van der Waals surface area contributed by atoms with E-state index < -0.39 is 0 Å².